The van der Waals surface area contributed by atoms with Crippen molar-refractivity contribution >= 4 is 62.0 Å². The second-order valence-corrected chi connectivity index (χ2v) is 14.5. The van der Waals surface area contributed by atoms with Gasteiger partial charge in [0, 0.05) is 71.6 Å². The lowest BCUT2D eigenvalue weighted by atomic mass is 9.85. The van der Waals surface area contributed by atoms with Gasteiger partial charge in [0.2, 0.25) is 29.5 Å². The zero-order valence-corrected chi connectivity index (χ0v) is 32.3. The predicted molar refractivity (Wildman–Crippen MR) is 191 cm³/mol. The number of carboxylic acids is 1. The Kier molecular flexibility index (Phi) is 21.9. The van der Waals surface area contributed by atoms with Gasteiger partial charge in [-0.05, 0) is 47.0 Å². The molecule has 1 unspecified atom stereocenters. The van der Waals surface area contributed by atoms with Gasteiger partial charge in [0.1, 0.15) is 19.1 Å². The van der Waals surface area contributed by atoms with Gasteiger partial charge in [-0.15, -0.1) is 0 Å². The largest absolute Gasteiger partial charge is 0.480 e. The zero-order chi connectivity index (χ0) is 37.8. The van der Waals surface area contributed by atoms with E-state index in [9.17, 15) is 38.7 Å². The third kappa shape index (κ3) is 21.6. The smallest absolute Gasteiger partial charge is 0.326 e. The minimum absolute atomic E-state index is 0.0390. The first kappa shape index (κ1) is 45.9. The van der Waals surface area contributed by atoms with Crippen LogP contribution in [0.3, 0.4) is 0 Å². The Morgan fingerprint density at radius 2 is 1.16 bits per heavy atom. The number of hydrogen-bond donors (Lipinski definition) is 6. The van der Waals surface area contributed by atoms with Crippen molar-refractivity contribution in [2.24, 2.45) is 10.8 Å². The SMILES string of the molecule is CC(C)NC(=O)CN(CC(=O)NC(C)C)C(=O)CCNC(=O)C(C)(C)CCOCCOCCNC(=O)C(C)(C)CCC(NC(=O)I)C(=O)O. The van der Waals surface area contributed by atoms with E-state index in [0.29, 0.717) is 6.42 Å². The van der Waals surface area contributed by atoms with Crippen LogP contribution in [-0.2, 0) is 38.2 Å². The van der Waals surface area contributed by atoms with Crippen LogP contribution in [0.25, 0.3) is 0 Å². The number of nitrogens with zero attached hydrogens (tertiary/aromatic N) is 1. The van der Waals surface area contributed by atoms with Gasteiger partial charge in [0.25, 0.3) is 3.91 Å². The van der Waals surface area contributed by atoms with Crippen molar-refractivity contribution in [2.75, 3.05) is 52.6 Å². The van der Waals surface area contributed by atoms with E-state index in [-0.39, 0.29) is 108 Å². The molecule has 0 saturated carbocycles. The maximum Gasteiger partial charge on any atom is 0.326 e. The number of hydrogen-bond acceptors (Lipinski definition) is 9. The number of carboxylic acid groups (broad SMARTS) is 1. The van der Waals surface area contributed by atoms with E-state index >= 15 is 0 Å². The minimum atomic E-state index is -1.16. The first-order valence-corrected chi connectivity index (χ1v) is 17.5. The van der Waals surface area contributed by atoms with E-state index in [1.54, 1.807) is 55.4 Å². The second-order valence-electron chi connectivity index (χ2n) is 13.5. The average molecular weight is 813 g/mol. The molecular formula is C32H57IN6O10. The van der Waals surface area contributed by atoms with Crippen molar-refractivity contribution in [1.82, 2.24) is 31.5 Å². The molecule has 0 aliphatic rings. The fourth-order valence-corrected chi connectivity index (χ4v) is 4.62. The quantitative estimate of drug-likeness (QED) is 0.0336. The Morgan fingerprint density at radius 3 is 1.63 bits per heavy atom. The first-order chi connectivity index (χ1) is 22.7. The molecule has 282 valence electrons. The van der Waals surface area contributed by atoms with E-state index < -0.39 is 32.7 Å². The summed E-state index contributed by atoms with van der Waals surface area (Å²) in [6.45, 7) is 14.9. The fraction of sp³-hybridized carbons (Fsp3) is 0.781. The highest BCUT2D eigenvalue weighted by Crippen LogP contribution is 2.24. The lowest BCUT2D eigenvalue weighted by molar-refractivity contribution is -0.140. The van der Waals surface area contributed by atoms with Crippen LogP contribution in [0.2, 0.25) is 0 Å². The fourth-order valence-electron chi connectivity index (χ4n) is 4.25. The van der Waals surface area contributed by atoms with E-state index in [1.807, 2.05) is 0 Å². The van der Waals surface area contributed by atoms with Crippen molar-refractivity contribution in [3.63, 3.8) is 0 Å². The summed E-state index contributed by atoms with van der Waals surface area (Å²) in [4.78, 5) is 86.4. The molecule has 0 aromatic rings. The lowest BCUT2D eigenvalue weighted by Gasteiger charge is -2.25. The molecule has 6 amide bonds. The molecular weight excluding hydrogens is 755 g/mol. The monoisotopic (exact) mass is 812 g/mol. The van der Waals surface area contributed by atoms with Crippen molar-refractivity contribution in [2.45, 2.75) is 99.2 Å². The topological polar surface area (TPSA) is 222 Å². The average Bonchev–Trinajstić information content (AvgIpc) is 2.96. The van der Waals surface area contributed by atoms with Crippen LogP contribution in [0.1, 0.15) is 81.1 Å². The number of halogens is 1. The summed E-state index contributed by atoms with van der Waals surface area (Å²) in [5.41, 5.74) is -1.64. The van der Waals surface area contributed by atoms with E-state index in [1.165, 1.54) is 27.5 Å². The molecule has 0 bridgehead atoms. The van der Waals surface area contributed by atoms with Gasteiger partial charge >= 0.3 is 5.97 Å². The maximum atomic E-state index is 12.9. The first-order valence-electron chi connectivity index (χ1n) is 16.4. The van der Waals surface area contributed by atoms with Crippen LogP contribution >= 0.6 is 22.6 Å². The second kappa shape index (κ2) is 23.4. The van der Waals surface area contributed by atoms with Crippen molar-refractivity contribution in [3.8, 4) is 0 Å². The van der Waals surface area contributed by atoms with Crippen molar-refractivity contribution in [1.29, 1.82) is 0 Å². The Bertz CT molecular complexity index is 1090. The number of amides is 6. The summed E-state index contributed by atoms with van der Waals surface area (Å²) >= 11 is 1.46. The predicted octanol–water partition coefficient (Wildman–Crippen LogP) is 1.34. The highest BCUT2D eigenvalue weighted by Gasteiger charge is 2.31. The van der Waals surface area contributed by atoms with Crippen LogP contribution in [0.5, 0.6) is 0 Å². The number of carbonyl (C=O) groups is 7. The van der Waals surface area contributed by atoms with Crippen molar-refractivity contribution in [3.05, 3.63) is 0 Å². The molecule has 1 atom stereocenters. The van der Waals surface area contributed by atoms with Crippen LogP contribution in [-0.4, -0.2) is 120 Å². The highest BCUT2D eigenvalue weighted by atomic mass is 127. The third-order valence-electron chi connectivity index (χ3n) is 7.19. The molecule has 0 aliphatic carbocycles. The molecule has 16 nitrogen and oxygen atoms in total. The Balaban J connectivity index is 4.44. The highest BCUT2D eigenvalue weighted by molar-refractivity contribution is 14.1. The van der Waals surface area contributed by atoms with Gasteiger partial charge in [0.05, 0.1) is 19.8 Å². The van der Waals surface area contributed by atoms with Crippen LogP contribution in [0, 0.1) is 10.8 Å². The van der Waals surface area contributed by atoms with E-state index in [0.717, 1.165) is 0 Å². The molecule has 0 saturated heterocycles. The summed E-state index contributed by atoms with van der Waals surface area (Å²) in [7, 11) is 0. The van der Waals surface area contributed by atoms with Crippen LogP contribution in [0.4, 0.5) is 4.79 Å². The minimum Gasteiger partial charge on any atom is -0.480 e. The van der Waals surface area contributed by atoms with Gasteiger partial charge in [0.15, 0.2) is 0 Å². The van der Waals surface area contributed by atoms with Crippen LogP contribution < -0.4 is 26.6 Å². The summed E-state index contributed by atoms with van der Waals surface area (Å²) < 4.78 is 10.6. The summed E-state index contributed by atoms with van der Waals surface area (Å²) in [5, 5.41) is 22.5. The number of nitrogens with one attached hydrogen (secondary N) is 5. The third-order valence-corrected chi connectivity index (χ3v) is 7.51. The normalized spacial score (nSPS) is 12.2. The number of rotatable bonds is 25. The number of ether oxygens (including phenoxy) is 2. The zero-order valence-electron chi connectivity index (χ0n) is 30.2. The standard InChI is InChI=1S/C32H57IN6O10/c1-21(2)36-24(40)19-39(20-25(41)37-22(3)4)26(42)10-13-34-29(46)32(7,8)12-15-48-17-18-49-16-14-35-28(45)31(5,6)11-9-23(27(43)44)38-30(33)47/h21-23H,9-20H2,1-8H3,(H,34,46)(H,35,45)(H,36,40)(H,37,41)(H,38,47)(H,43,44). The molecule has 0 radical (unpaired) electrons. The van der Waals surface area contributed by atoms with Gasteiger partial charge in [-0.1, -0.05) is 27.7 Å². The molecule has 17 heteroatoms. The van der Waals surface area contributed by atoms with Gasteiger partial charge < -0.3 is 46.1 Å². The van der Waals surface area contributed by atoms with Crippen molar-refractivity contribution < 1.29 is 48.1 Å². The molecule has 6 N–H and O–H groups in total. The Morgan fingerprint density at radius 1 is 0.694 bits per heavy atom. The van der Waals surface area contributed by atoms with E-state index in [4.69, 9.17) is 9.47 Å². The number of carbonyl (C=O) groups excluding carboxylic acids is 6. The molecule has 0 spiro atoms. The number of aliphatic carboxylic acids is 1. The molecule has 0 aromatic heterocycles. The van der Waals surface area contributed by atoms with Gasteiger partial charge in [-0.3, -0.25) is 28.8 Å². The molecule has 49 heavy (non-hydrogen) atoms. The molecule has 0 rings (SSSR count). The maximum absolute atomic E-state index is 12.9. The van der Waals surface area contributed by atoms with E-state index in [2.05, 4.69) is 26.6 Å². The molecule has 0 aromatic carbocycles. The lowest BCUT2D eigenvalue weighted by Crippen LogP contribution is -2.48. The van der Waals surface area contributed by atoms with Crippen LogP contribution in [0.15, 0.2) is 0 Å². The van der Waals surface area contributed by atoms with Gasteiger partial charge in [-0.2, -0.15) is 0 Å². The molecule has 0 fully saturated rings. The molecule has 0 heterocycles. The Hall–Kier alpha value is -3.06. The summed E-state index contributed by atoms with van der Waals surface area (Å²) in [6, 6.07) is -1.31. The van der Waals surface area contributed by atoms with Gasteiger partial charge in [-0.25, -0.2) is 4.79 Å². The summed E-state index contributed by atoms with van der Waals surface area (Å²) in [6.07, 6.45) is 0.680. The molecule has 0 aliphatic heterocycles. The Labute approximate surface area is 303 Å². The summed E-state index contributed by atoms with van der Waals surface area (Å²) in [5.74, 6) is -2.89.